The summed E-state index contributed by atoms with van der Waals surface area (Å²) in [5.74, 6) is -0.115. The smallest absolute Gasteiger partial charge is 0.270 e. The Hall–Kier alpha value is -1.70. The van der Waals surface area contributed by atoms with E-state index in [4.69, 9.17) is 0 Å². The molecule has 8 heteroatoms. The Morgan fingerprint density at radius 2 is 1.76 bits per heavy atom. The van der Waals surface area contributed by atoms with E-state index in [9.17, 15) is 14.4 Å². The van der Waals surface area contributed by atoms with Crippen LogP contribution in [0, 0.1) is 0 Å². The van der Waals surface area contributed by atoms with Gasteiger partial charge in [-0.05, 0) is 22.9 Å². The minimum absolute atomic E-state index is 0.0169. The third kappa shape index (κ3) is 3.31. The van der Waals surface area contributed by atoms with Gasteiger partial charge < -0.3 is 9.80 Å². The van der Waals surface area contributed by atoms with Crippen LogP contribution >= 0.6 is 15.9 Å². The van der Waals surface area contributed by atoms with Crippen LogP contribution in [0.1, 0.15) is 19.9 Å². The molecule has 1 aromatic heterocycles. The van der Waals surface area contributed by atoms with E-state index in [1.807, 2.05) is 0 Å². The number of hydrogen-bond acceptors (Lipinski definition) is 4. The zero-order chi connectivity index (χ0) is 15.6. The second-order valence-corrected chi connectivity index (χ2v) is 5.76. The van der Waals surface area contributed by atoms with Crippen LogP contribution in [0.4, 0.5) is 0 Å². The minimum Gasteiger partial charge on any atom is -0.339 e. The van der Waals surface area contributed by atoms with Gasteiger partial charge in [0.05, 0.1) is 12.4 Å². The van der Waals surface area contributed by atoms with Crippen LogP contribution in [0.2, 0.25) is 0 Å². The molecule has 0 unspecified atom stereocenters. The van der Waals surface area contributed by atoms with Crippen LogP contribution in [-0.4, -0.2) is 57.3 Å². The molecule has 2 amide bonds. The van der Waals surface area contributed by atoms with Gasteiger partial charge in [0.2, 0.25) is 11.8 Å². The lowest BCUT2D eigenvalue weighted by Gasteiger charge is -2.35. The molecule has 7 nitrogen and oxygen atoms in total. The molecule has 2 heterocycles. The molecule has 0 saturated carbocycles. The summed E-state index contributed by atoms with van der Waals surface area (Å²) >= 11 is 3.25. The van der Waals surface area contributed by atoms with Crippen LogP contribution in [-0.2, 0) is 9.59 Å². The fraction of sp³-hybridized carbons (Fsp3) is 0.538. The second-order valence-electron chi connectivity index (χ2n) is 4.95. The van der Waals surface area contributed by atoms with Crippen molar-refractivity contribution in [3.05, 3.63) is 27.4 Å². The normalized spacial score (nSPS) is 16.7. The summed E-state index contributed by atoms with van der Waals surface area (Å²) in [4.78, 5) is 42.8. The Balaban J connectivity index is 2.11. The highest BCUT2D eigenvalue weighted by atomic mass is 79.9. The molecule has 21 heavy (non-hydrogen) atoms. The van der Waals surface area contributed by atoms with Crippen molar-refractivity contribution >= 4 is 27.7 Å². The van der Waals surface area contributed by atoms with Crippen LogP contribution in [0.25, 0.3) is 0 Å². The van der Waals surface area contributed by atoms with Crippen LogP contribution in [0.5, 0.6) is 0 Å². The highest BCUT2D eigenvalue weighted by Gasteiger charge is 2.27. The fourth-order valence-corrected chi connectivity index (χ4v) is 2.98. The fourth-order valence-electron chi connectivity index (χ4n) is 2.38. The van der Waals surface area contributed by atoms with Crippen molar-refractivity contribution in [2.75, 3.05) is 26.2 Å². The average Bonchev–Trinajstić information content (AvgIpc) is 2.46. The SMILES string of the molecule is CC(=O)N1CCN(C(=O)[C@H](C)n2c(Br)cncc2=O)CC1. The predicted molar refractivity (Wildman–Crippen MR) is 79.7 cm³/mol. The van der Waals surface area contributed by atoms with Gasteiger partial charge in [-0.15, -0.1) is 0 Å². The van der Waals surface area contributed by atoms with Crippen molar-refractivity contribution in [2.45, 2.75) is 19.9 Å². The number of carbonyl (C=O) groups is 2. The van der Waals surface area contributed by atoms with E-state index in [0.29, 0.717) is 30.8 Å². The van der Waals surface area contributed by atoms with Crippen LogP contribution in [0.15, 0.2) is 21.8 Å². The first-order valence-electron chi connectivity index (χ1n) is 6.68. The average molecular weight is 357 g/mol. The molecule has 1 fully saturated rings. The van der Waals surface area contributed by atoms with E-state index < -0.39 is 6.04 Å². The van der Waals surface area contributed by atoms with Gasteiger partial charge in [-0.1, -0.05) is 0 Å². The molecule has 1 atom stereocenters. The molecule has 0 radical (unpaired) electrons. The molecule has 0 N–H and O–H groups in total. The Morgan fingerprint density at radius 3 is 2.29 bits per heavy atom. The summed E-state index contributed by atoms with van der Waals surface area (Å²) in [6.45, 7) is 5.24. The first kappa shape index (κ1) is 15.7. The van der Waals surface area contributed by atoms with Crippen molar-refractivity contribution in [1.82, 2.24) is 19.4 Å². The largest absolute Gasteiger partial charge is 0.339 e. The third-order valence-corrected chi connectivity index (χ3v) is 4.20. The first-order valence-corrected chi connectivity index (χ1v) is 7.47. The van der Waals surface area contributed by atoms with Crippen molar-refractivity contribution < 1.29 is 9.59 Å². The lowest BCUT2D eigenvalue weighted by molar-refractivity contribution is -0.140. The highest BCUT2D eigenvalue weighted by Crippen LogP contribution is 2.16. The summed E-state index contributed by atoms with van der Waals surface area (Å²) in [5.41, 5.74) is -0.326. The van der Waals surface area contributed by atoms with Gasteiger partial charge in [-0.2, -0.15) is 0 Å². The Labute approximate surface area is 130 Å². The Bertz CT molecular complexity index is 608. The van der Waals surface area contributed by atoms with Gasteiger partial charge in [0, 0.05) is 33.1 Å². The first-order chi connectivity index (χ1) is 9.91. The molecule has 0 spiro atoms. The number of halogens is 1. The van der Waals surface area contributed by atoms with E-state index >= 15 is 0 Å². The molecule has 1 aliphatic rings. The molecule has 114 valence electrons. The molecule has 0 aromatic carbocycles. The molecule has 2 rings (SSSR count). The zero-order valence-electron chi connectivity index (χ0n) is 12.0. The number of rotatable bonds is 2. The quantitative estimate of drug-likeness (QED) is 0.761. The van der Waals surface area contributed by atoms with E-state index in [-0.39, 0.29) is 17.4 Å². The van der Waals surface area contributed by atoms with Gasteiger partial charge in [0.1, 0.15) is 10.6 Å². The number of hydrogen-bond donors (Lipinski definition) is 0. The molecular weight excluding hydrogens is 340 g/mol. The highest BCUT2D eigenvalue weighted by molar-refractivity contribution is 9.10. The van der Waals surface area contributed by atoms with Gasteiger partial charge >= 0.3 is 0 Å². The topological polar surface area (TPSA) is 75.5 Å². The molecule has 0 aliphatic carbocycles. The van der Waals surface area contributed by atoms with Crippen molar-refractivity contribution in [3.8, 4) is 0 Å². The predicted octanol–water partition coefficient (Wildman–Crippen LogP) is 0.257. The molecule has 1 aliphatic heterocycles. The standard InChI is InChI=1S/C13H17BrN4O3/c1-9(18-11(14)7-15-8-12(18)20)13(21)17-5-3-16(4-6-17)10(2)19/h7-9H,3-6H2,1-2H3/t9-/m0/s1. The van der Waals surface area contributed by atoms with Crippen molar-refractivity contribution in [2.24, 2.45) is 0 Å². The van der Waals surface area contributed by atoms with Gasteiger partial charge in [0.15, 0.2) is 0 Å². The maximum atomic E-state index is 12.5. The van der Waals surface area contributed by atoms with Crippen molar-refractivity contribution in [3.63, 3.8) is 0 Å². The monoisotopic (exact) mass is 356 g/mol. The van der Waals surface area contributed by atoms with E-state index in [1.54, 1.807) is 16.7 Å². The van der Waals surface area contributed by atoms with E-state index in [2.05, 4.69) is 20.9 Å². The van der Waals surface area contributed by atoms with Crippen LogP contribution < -0.4 is 5.56 Å². The second kappa shape index (κ2) is 6.38. The van der Waals surface area contributed by atoms with E-state index in [0.717, 1.165) is 0 Å². The van der Waals surface area contributed by atoms with E-state index in [1.165, 1.54) is 23.9 Å². The maximum Gasteiger partial charge on any atom is 0.270 e. The number of amides is 2. The number of aromatic nitrogens is 2. The number of piperazine rings is 1. The molecule has 1 saturated heterocycles. The zero-order valence-corrected chi connectivity index (χ0v) is 13.5. The lowest BCUT2D eigenvalue weighted by Crippen LogP contribution is -2.52. The van der Waals surface area contributed by atoms with Crippen LogP contribution in [0.3, 0.4) is 0 Å². The Kier molecular flexibility index (Phi) is 4.76. The third-order valence-electron chi connectivity index (χ3n) is 3.61. The summed E-state index contributed by atoms with van der Waals surface area (Å²) in [6, 6.07) is -0.612. The lowest BCUT2D eigenvalue weighted by atomic mass is 10.2. The summed E-state index contributed by atoms with van der Waals surface area (Å²) in [5, 5.41) is 0. The Morgan fingerprint density at radius 1 is 1.19 bits per heavy atom. The summed E-state index contributed by atoms with van der Waals surface area (Å²) < 4.78 is 1.84. The maximum absolute atomic E-state index is 12.5. The molecule has 1 aromatic rings. The summed E-state index contributed by atoms with van der Waals surface area (Å²) in [7, 11) is 0. The van der Waals surface area contributed by atoms with Gasteiger partial charge in [0.25, 0.3) is 5.56 Å². The minimum atomic E-state index is -0.612. The van der Waals surface area contributed by atoms with Crippen molar-refractivity contribution in [1.29, 1.82) is 0 Å². The van der Waals surface area contributed by atoms with Gasteiger partial charge in [-0.25, -0.2) is 0 Å². The summed E-state index contributed by atoms with van der Waals surface area (Å²) in [6.07, 6.45) is 2.67. The van der Waals surface area contributed by atoms with Gasteiger partial charge in [-0.3, -0.25) is 23.9 Å². The number of nitrogens with zero attached hydrogens (tertiary/aromatic N) is 4. The molecule has 0 bridgehead atoms. The molecular formula is C13H17BrN4O3. The number of carbonyl (C=O) groups excluding carboxylic acids is 2.